The first-order chi connectivity index (χ1) is 7.38. The average Bonchev–Trinajstić information content (AvgIpc) is 2.15. The molecule has 0 atom stereocenters. The molecule has 0 spiro atoms. The van der Waals surface area contributed by atoms with Gasteiger partial charge >= 0.3 is 51.4 Å². The molecule has 0 aliphatic heterocycles. The predicted octanol–water partition coefficient (Wildman–Crippen LogP) is -0.635. The smallest absolute Gasteiger partial charge is 0.744 e. The summed E-state index contributed by atoms with van der Waals surface area (Å²) in [6.07, 6.45) is 0. The maximum atomic E-state index is 11.0. The van der Waals surface area contributed by atoms with E-state index in [1.807, 2.05) is 25.1 Å². The third-order valence-corrected chi connectivity index (χ3v) is 3.39. The van der Waals surface area contributed by atoms with Crippen molar-refractivity contribution in [3.8, 4) is 0 Å². The third kappa shape index (κ3) is 3.38. The van der Waals surface area contributed by atoms with Gasteiger partial charge in [0.2, 0.25) is 0 Å². The molecule has 0 amide bonds. The third-order valence-electron chi connectivity index (χ3n) is 2.58. The zero-order valence-corrected chi connectivity index (χ0v) is 14.0. The molecule has 0 unspecified atom stereocenters. The fraction of sp³-hybridized carbons (Fsp3) is 0.167. The van der Waals surface area contributed by atoms with Gasteiger partial charge < -0.3 is 4.55 Å². The van der Waals surface area contributed by atoms with E-state index in [-0.39, 0.29) is 56.3 Å². The van der Waals surface area contributed by atoms with E-state index in [2.05, 4.69) is 0 Å². The monoisotopic (exact) mass is 274 g/mol. The normalized spacial score (nSPS) is 11.2. The van der Waals surface area contributed by atoms with Crippen LogP contribution in [0.4, 0.5) is 0 Å². The summed E-state index contributed by atoms with van der Waals surface area (Å²) in [5.41, 5.74) is 1.83. The van der Waals surface area contributed by atoms with Crippen LogP contribution in [0, 0.1) is 13.8 Å². The standard InChI is InChI=1S/C12H12O3S.K/c1-8-3-4-12-9(2)6-11(16(13,14)15)7-10(12)5-8;/h3-7H,1-2H3,(H,13,14,15);/q;+1/p-1. The van der Waals surface area contributed by atoms with E-state index in [0.717, 1.165) is 21.9 Å². The number of hydrogen-bond acceptors (Lipinski definition) is 3. The minimum Gasteiger partial charge on any atom is -0.744 e. The molecule has 0 bridgehead atoms. The van der Waals surface area contributed by atoms with Crippen molar-refractivity contribution in [2.75, 3.05) is 0 Å². The summed E-state index contributed by atoms with van der Waals surface area (Å²) < 4.78 is 32.9. The molecular weight excluding hydrogens is 263 g/mol. The number of rotatable bonds is 1. The molecule has 84 valence electrons. The van der Waals surface area contributed by atoms with E-state index < -0.39 is 10.1 Å². The molecule has 17 heavy (non-hydrogen) atoms. The minimum absolute atomic E-state index is 0. The van der Waals surface area contributed by atoms with Gasteiger partial charge in [0, 0.05) is 0 Å². The quantitative estimate of drug-likeness (QED) is 0.514. The summed E-state index contributed by atoms with van der Waals surface area (Å²) in [7, 11) is -4.38. The number of aryl methyl sites for hydroxylation is 2. The SMILES string of the molecule is Cc1ccc2c(C)cc(S(=O)(=O)[O-])cc2c1.[K+]. The van der Waals surface area contributed by atoms with Gasteiger partial charge in [0.05, 0.1) is 4.90 Å². The summed E-state index contributed by atoms with van der Waals surface area (Å²) >= 11 is 0. The molecule has 3 nitrogen and oxygen atoms in total. The first kappa shape index (κ1) is 15.3. The van der Waals surface area contributed by atoms with Crippen LogP contribution in [0.25, 0.3) is 10.8 Å². The molecular formula is C12H11KO3S. The molecule has 0 radical (unpaired) electrons. The predicted molar refractivity (Wildman–Crippen MR) is 61.4 cm³/mol. The molecule has 2 aromatic carbocycles. The van der Waals surface area contributed by atoms with Crippen LogP contribution in [-0.2, 0) is 10.1 Å². The van der Waals surface area contributed by atoms with Crippen LogP contribution in [0.1, 0.15) is 11.1 Å². The molecule has 0 saturated heterocycles. The van der Waals surface area contributed by atoms with Gasteiger partial charge in [0.25, 0.3) is 0 Å². The van der Waals surface area contributed by atoms with Crippen molar-refractivity contribution in [3.63, 3.8) is 0 Å². The molecule has 0 aliphatic carbocycles. The maximum absolute atomic E-state index is 11.0. The van der Waals surface area contributed by atoms with Crippen LogP contribution in [0.15, 0.2) is 35.2 Å². The summed E-state index contributed by atoms with van der Waals surface area (Å²) in [6.45, 7) is 3.72. The Morgan fingerprint density at radius 1 is 1.06 bits per heavy atom. The van der Waals surface area contributed by atoms with E-state index >= 15 is 0 Å². The summed E-state index contributed by atoms with van der Waals surface area (Å²) in [5, 5.41) is 1.76. The molecule has 2 rings (SSSR count). The van der Waals surface area contributed by atoms with Crippen molar-refractivity contribution in [1.82, 2.24) is 0 Å². The summed E-state index contributed by atoms with van der Waals surface area (Å²) in [5.74, 6) is 0. The Hall–Kier alpha value is 0.246. The minimum atomic E-state index is -4.38. The Bertz CT molecular complexity index is 663. The maximum Gasteiger partial charge on any atom is 1.00 e. The van der Waals surface area contributed by atoms with Crippen LogP contribution in [0.5, 0.6) is 0 Å². The van der Waals surface area contributed by atoms with Crippen molar-refractivity contribution < 1.29 is 64.4 Å². The fourth-order valence-electron chi connectivity index (χ4n) is 1.79. The van der Waals surface area contributed by atoms with Gasteiger partial charge in [-0.3, -0.25) is 0 Å². The average molecular weight is 274 g/mol. The van der Waals surface area contributed by atoms with E-state index in [4.69, 9.17) is 0 Å². The second-order valence-electron chi connectivity index (χ2n) is 3.92. The fourth-order valence-corrected chi connectivity index (χ4v) is 2.38. The Morgan fingerprint density at radius 3 is 2.29 bits per heavy atom. The van der Waals surface area contributed by atoms with Crippen LogP contribution < -0.4 is 51.4 Å². The van der Waals surface area contributed by atoms with Crippen molar-refractivity contribution in [2.45, 2.75) is 18.7 Å². The first-order valence-corrected chi connectivity index (χ1v) is 6.26. The van der Waals surface area contributed by atoms with Gasteiger partial charge in [-0.15, -0.1) is 0 Å². The molecule has 0 saturated carbocycles. The van der Waals surface area contributed by atoms with Crippen molar-refractivity contribution >= 4 is 20.9 Å². The zero-order valence-electron chi connectivity index (χ0n) is 10.0. The van der Waals surface area contributed by atoms with Gasteiger partial charge in [-0.25, -0.2) is 8.42 Å². The Kier molecular flexibility index (Phi) is 4.94. The second kappa shape index (κ2) is 5.48. The largest absolute Gasteiger partial charge is 1.00 e. The van der Waals surface area contributed by atoms with Crippen molar-refractivity contribution in [3.05, 3.63) is 41.5 Å². The summed E-state index contributed by atoms with van der Waals surface area (Å²) in [6, 6.07) is 8.61. The van der Waals surface area contributed by atoms with Gasteiger partial charge in [0.15, 0.2) is 0 Å². The van der Waals surface area contributed by atoms with E-state index in [9.17, 15) is 13.0 Å². The van der Waals surface area contributed by atoms with E-state index in [1.165, 1.54) is 12.1 Å². The molecule has 0 heterocycles. The van der Waals surface area contributed by atoms with Crippen LogP contribution >= 0.6 is 0 Å². The molecule has 0 N–H and O–H groups in total. The van der Waals surface area contributed by atoms with Gasteiger partial charge in [-0.05, 0) is 42.3 Å². The van der Waals surface area contributed by atoms with Gasteiger partial charge in [0.1, 0.15) is 10.1 Å². The molecule has 5 heteroatoms. The molecule has 0 fully saturated rings. The summed E-state index contributed by atoms with van der Waals surface area (Å²) in [4.78, 5) is -0.164. The number of benzene rings is 2. The van der Waals surface area contributed by atoms with Crippen LogP contribution in [-0.4, -0.2) is 13.0 Å². The second-order valence-corrected chi connectivity index (χ2v) is 5.30. The van der Waals surface area contributed by atoms with Gasteiger partial charge in [-0.2, -0.15) is 0 Å². The first-order valence-electron chi connectivity index (χ1n) is 4.85. The Labute approximate surface area is 143 Å². The number of fused-ring (bicyclic) bond motifs is 1. The Morgan fingerprint density at radius 2 is 1.71 bits per heavy atom. The molecule has 0 aliphatic rings. The van der Waals surface area contributed by atoms with E-state index in [0.29, 0.717) is 0 Å². The molecule has 0 aromatic heterocycles. The van der Waals surface area contributed by atoms with Crippen molar-refractivity contribution in [1.29, 1.82) is 0 Å². The van der Waals surface area contributed by atoms with Crippen LogP contribution in [0.3, 0.4) is 0 Å². The molecule has 2 aromatic rings. The zero-order chi connectivity index (χ0) is 11.9. The van der Waals surface area contributed by atoms with Gasteiger partial charge in [-0.1, -0.05) is 23.8 Å². The Balaban J connectivity index is 0.00000144. The topological polar surface area (TPSA) is 57.2 Å². The van der Waals surface area contributed by atoms with E-state index in [1.54, 1.807) is 6.92 Å². The number of hydrogen-bond donors (Lipinski definition) is 0. The van der Waals surface area contributed by atoms with Crippen molar-refractivity contribution in [2.24, 2.45) is 0 Å². The van der Waals surface area contributed by atoms with Crippen LogP contribution in [0.2, 0.25) is 0 Å².